The molecule has 0 radical (unpaired) electrons. The maximum absolute atomic E-state index is 11.5. The zero-order chi connectivity index (χ0) is 12.3. The molecule has 4 nitrogen and oxygen atoms in total. The van der Waals surface area contributed by atoms with Crippen molar-refractivity contribution in [1.82, 2.24) is 5.32 Å². The van der Waals surface area contributed by atoms with Gasteiger partial charge in [0, 0.05) is 6.20 Å². The number of benzene rings is 1. The van der Waals surface area contributed by atoms with Gasteiger partial charge in [0.05, 0.1) is 5.69 Å². The molecule has 0 atom stereocenters. The van der Waals surface area contributed by atoms with Crippen LogP contribution in [0.3, 0.4) is 0 Å². The largest absolute Gasteiger partial charge is 0.506 e. The third-order valence-electron chi connectivity index (χ3n) is 2.61. The highest BCUT2D eigenvalue weighted by Gasteiger charge is 2.17. The Hall–Kier alpha value is -1.97. The van der Waals surface area contributed by atoms with Crippen LogP contribution in [0.15, 0.2) is 30.5 Å². The monoisotopic (exact) mass is 232 g/mol. The van der Waals surface area contributed by atoms with Gasteiger partial charge in [0.25, 0.3) is 0 Å². The molecule has 2 rings (SSSR count). The topological polar surface area (TPSA) is 61.4 Å². The molecule has 17 heavy (non-hydrogen) atoms. The van der Waals surface area contributed by atoms with Gasteiger partial charge in [-0.25, -0.2) is 4.79 Å². The predicted molar refractivity (Wildman–Crippen MR) is 66.9 cm³/mol. The molecule has 4 heteroatoms. The number of phenols is 1. The van der Waals surface area contributed by atoms with E-state index in [0.29, 0.717) is 11.6 Å². The van der Waals surface area contributed by atoms with Gasteiger partial charge < -0.3 is 15.7 Å². The first kappa shape index (κ1) is 11.5. The summed E-state index contributed by atoms with van der Waals surface area (Å²) in [6.07, 6.45) is 6.05. The average molecular weight is 232 g/mol. The van der Waals surface area contributed by atoms with Crippen molar-refractivity contribution in [3.05, 3.63) is 36.0 Å². The molecule has 1 saturated carbocycles. The van der Waals surface area contributed by atoms with E-state index < -0.39 is 0 Å². The molecule has 0 bridgehead atoms. The highest BCUT2D eigenvalue weighted by molar-refractivity contribution is 5.91. The Morgan fingerprint density at radius 3 is 2.88 bits per heavy atom. The van der Waals surface area contributed by atoms with E-state index >= 15 is 0 Å². The summed E-state index contributed by atoms with van der Waals surface area (Å²) in [6, 6.07) is 4.76. The van der Waals surface area contributed by atoms with Crippen LogP contribution in [0.5, 0.6) is 5.75 Å². The summed E-state index contributed by atoms with van der Waals surface area (Å²) in [7, 11) is 0. The number of rotatable bonds is 3. The molecule has 0 unspecified atom stereocenters. The van der Waals surface area contributed by atoms with Gasteiger partial charge in [-0.2, -0.15) is 0 Å². The van der Waals surface area contributed by atoms with Crippen LogP contribution in [-0.2, 0) is 0 Å². The third kappa shape index (κ3) is 3.52. The van der Waals surface area contributed by atoms with Crippen LogP contribution in [0.25, 0.3) is 0 Å². The van der Waals surface area contributed by atoms with Gasteiger partial charge in [-0.15, -0.1) is 0 Å². The van der Waals surface area contributed by atoms with Crippen LogP contribution in [0.1, 0.15) is 18.4 Å². The van der Waals surface area contributed by atoms with E-state index in [4.69, 9.17) is 0 Å². The molecular weight excluding hydrogens is 216 g/mol. The number of aromatic hydroxyl groups is 1. The van der Waals surface area contributed by atoms with Crippen LogP contribution < -0.4 is 10.6 Å². The van der Waals surface area contributed by atoms with E-state index in [1.807, 2.05) is 19.1 Å². The smallest absolute Gasteiger partial charge is 0.323 e. The fourth-order valence-electron chi connectivity index (χ4n) is 1.45. The maximum Gasteiger partial charge on any atom is 0.323 e. The van der Waals surface area contributed by atoms with Gasteiger partial charge in [0.2, 0.25) is 0 Å². The molecule has 1 aromatic rings. The zero-order valence-corrected chi connectivity index (χ0v) is 9.73. The van der Waals surface area contributed by atoms with E-state index in [1.54, 1.807) is 18.3 Å². The van der Waals surface area contributed by atoms with Gasteiger partial charge in [-0.1, -0.05) is 12.1 Å². The normalized spacial score (nSPS) is 14.9. The molecule has 0 heterocycles. The molecule has 0 saturated heterocycles. The van der Waals surface area contributed by atoms with Gasteiger partial charge in [0.15, 0.2) is 0 Å². The number of amides is 2. The van der Waals surface area contributed by atoms with E-state index in [2.05, 4.69) is 10.6 Å². The van der Waals surface area contributed by atoms with Crippen molar-refractivity contribution in [2.24, 2.45) is 5.92 Å². The lowest BCUT2D eigenvalue weighted by Crippen LogP contribution is -2.23. The maximum atomic E-state index is 11.5. The summed E-state index contributed by atoms with van der Waals surface area (Å²) in [5.41, 5.74) is 1.36. The van der Waals surface area contributed by atoms with E-state index in [1.165, 1.54) is 12.8 Å². The Labute approximate surface area is 100 Å². The summed E-state index contributed by atoms with van der Waals surface area (Å²) < 4.78 is 0. The quantitative estimate of drug-likeness (QED) is 0.702. The summed E-state index contributed by atoms with van der Waals surface area (Å²) in [6.45, 7) is 1.88. The van der Waals surface area contributed by atoms with Crippen LogP contribution in [0, 0.1) is 12.8 Å². The Kier molecular flexibility index (Phi) is 3.32. The SMILES string of the molecule is Cc1ccc(NC(=O)N/C=C/C2CC2)c(O)c1. The molecule has 1 aromatic carbocycles. The van der Waals surface area contributed by atoms with Crippen molar-refractivity contribution in [3.8, 4) is 5.75 Å². The lowest BCUT2D eigenvalue weighted by atomic mass is 10.2. The number of carbonyl (C=O) groups is 1. The number of urea groups is 1. The predicted octanol–water partition coefficient (Wildman–Crippen LogP) is 2.75. The number of hydrogen-bond acceptors (Lipinski definition) is 2. The Balaban J connectivity index is 1.88. The summed E-state index contributed by atoms with van der Waals surface area (Å²) in [5, 5.41) is 14.8. The molecule has 0 aromatic heterocycles. The van der Waals surface area contributed by atoms with E-state index in [-0.39, 0.29) is 11.8 Å². The highest BCUT2D eigenvalue weighted by Crippen LogP contribution is 2.29. The molecule has 1 aliphatic carbocycles. The van der Waals surface area contributed by atoms with Crippen molar-refractivity contribution in [2.75, 3.05) is 5.32 Å². The van der Waals surface area contributed by atoms with Crippen molar-refractivity contribution in [3.63, 3.8) is 0 Å². The van der Waals surface area contributed by atoms with Crippen molar-refractivity contribution in [1.29, 1.82) is 0 Å². The second kappa shape index (κ2) is 4.91. The first-order valence-electron chi connectivity index (χ1n) is 5.69. The zero-order valence-electron chi connectivity index (χ0n) is 9.73. The number of allylic oxidation sites excluding steroid dienone is 1. The highest BCUT2D eigenvalue weighted by atomic mass is 16.3. The van der Waals surface area contributed by atoms with Crippen molar-refractivity contribution in [2.45, 2.75) is 19.8 Å². The van der Waals surface area contributed by atoms with Gasteiger partial charge in [-0.3, -0.25) is 0 Å². The lowest BCUT2D eigenvalue weighted by molar-refractivity contribution is 0.255. The fourth-order valence-corrected chi connectivity index (χ4v) is 1.45. The minimum atomic E-state index is -0.346. The summed E-state index contributed by atoms with van der Waals surface area (Å²) in [4.78, 5) is 11.5. The van der Waals surface area contributed by atoms with Gasteiger partial charge >= 0.3 is 6.03 Å². The average Bonchev–Trinajstić information content (AvgIpc) is 3.06. The Morgan fingerprint density at radius 1 is 1.47 bits per heavy atom. The molecular formula is C13H16N2O2. The summed E-state index contributed by atoms with van der Waals surface area (Å²) in [5.74, 6) is 0.703. The first-order valence-corrected chi connectivity index (χ1v) is 5.69. The molecule has 0 aliphatic heterocycles. The van der Waals surface area contributed by atoms with Gasteiger partial charge in [-0.05, 0) is 43.4 Å². The number of nitrogens with one attached hydrogen (secondary N) is 2. The fraction of sp³-hybridized carbons (Fsp3) is 0.308. The number of phenolic OH excluding ortho intramolecular Hbond substituents is 1. The Morgan fingerprint density at radius 2 is 2.24 bits per heavy atom. The van der Waals surface area contributed by atoms with Crippen LogP contribution in [0.2, 0.25) is 0 Å². The Bertz CT molecular complexity index is 451. The van der Waals surface area contributed by atoms with Crippen LogP contribution in [-0.4, -0.2) is 11.1 Å². The number of hydrogen-bond donors (Lipinski definition) is 3. The first-order chi connectivity index (χ1) is 8.15. The standard InChI is InChI=1S/C13H16N2O2/c1-9-2-5-11(12(16)8-9)15-13(17)14-7-6-10-3-4-10/h2,5-8,10,16H,3-4H2,1H3,(H2,14,15,17)/b7-6+. The molecule has 0 spiro atoms. The van der Waals surface area contributed by atoms with Crippen LogP contribution >= 0.6 is 0 Å². The van der Waals surface area contributed by atoms with E-state index in [9.17, 15) is 9.90 Å². The molecule has 3 N–H and O–H groups in total. The van der Waals surface area contributed by atoms with Crippen LogP contribution in [0.4, 0.5) is 10.5 Å². The number of carbonyl (C=O) groups excluding carboxylic acids is 1. The second-order valence-electron chi connectivity index (χ2n) is 4.32. The second-order valence-corrected chi connectivity index (χ2v) is 4.32. The number of aryl methyl sites for hydroxylation is 1. The van der Waals surface area contributed by atoms with Crippen molar-refractivity contribution >= 4 is 11.7 Å². The number of anilines is 1. The minimum Gasteiger partial charge on any atom is -0.506 e. The molecule has 1 aliphatic rings. The van der Waals surface area contributed by atoms with Crippen molar-refractivity contribution < 1.29 is 9.90 Å². The molecule has 2 amide bonds. The van der Waals surface area contributed by atoms with E-state index in [0.717, 1.165) is 5.56 Å². The third-order valence-corrected chi connectivity index (χ3v) is 2.61. The molecule has 1 fully saturated rings. The van der Waals surface area contributed by atoms with Gasteiger partial charge in [0.1, 0.15) is 5.75 Å². The lowest BCUT2D eigenvalue weighted by Gasteiger charge is -2.07. The summed E-state index contributed by atoms with van der Waals surface area (Å²) >= 11 is 0. The minimum absolute atomic E-state index is 0.0753. The molecule has 90 valence electrons.